The van der Waals surface area contributed by atoms with E-state index < -0.39 is 99.6 Å². The summed E-state index contributed by atoms with van der Waals surface area (Å²) in [4.78, 5) is 29.4. The number of methoxy groups -OCH3 is 4. The van der Waals surface area contributed by atoms with E-state index in [1.54, 1.807) is 51.7 Å². The van der Waals surface area contributed by atoms with Gasteiger partial charge < -0.3 is 44.1 Å². The van der Waals surface area contributed by atoms with Crippen LogP contribution < -0.4 is 0 Å². The largest absolute Gasteiger partial charge is 0.462 e. The lowest BCUT2D eigenvalue weighted by molar-refractivity contribution is -0.348. The zero-order chi connectivity index (χ0) is 33.2. The van der Waals surface area contributed by atoms with Crippen LogP contribution in [0.1, 0.15) is 37.0 Å². The number of ketones is 1. The standard InChI is InChI=1S/C34H47NO11/c1-7-35-15-30(16-42-3)19(46-17(2)36)13-20(43-4)33-26(30)24(44-5)22(27(33)35)34(41)25-21(23(37)18-11-9-8-10-12-18)31(39,14-32(25,33)40)29(45-6)28(34)38/h8-12,19-22,24-29,38-41H,7,13-16H2,1-6H3/t19-,20+,21+,22-,24-,25+,26-,27-,28+,29+,30-,31-,32-,33+,34+/m1/s1. The van der Waals surface area contributed by atoms with E-state index in [0.717, 1.165) is 0 Å². The van der Waals surface area contributed by atoms with Crippen LogP contribution in [0.5, 0.6) is 0 Å². The third kappa shape index (κ3) is 3.40. The van der Waals surface area contributed by atoms with Crippen molar-refractivity contribution in [2.45, 2.75) is 80.1 Å². The van der Waals surface area contributed by atoms with Crippen molar-refractivity contribution in [3.8, 4) is 0 Å². The Hall–Kier alpha value is -2.00. The molecule has 0 aromatic heterocycles. The van der Waals surface area contributed by atoms with Crippen molar-refractivity contribution in [3.05, 3.63) is 35.9 Å². The monoisotopic (exact) mass is 645 g/mol. The molecule has 15 atom stereocenters. The quantitative estimate of drug-likeness (QED) is 0.211. The molecule has 46 heavy (non-hydrogen) atoms. The molecule has 0 unspecified atom stereocenters. The lowest BCUT2D eigenvalue weighted by Crippen LogP contribution is -2.85. The Kier molecular flexibility index (Phi) is 7.43. The predicted molar refractivity (Wildman–Crippen MR) is 161 cm³/mol. The third-order valence-corrected chi connectivity index (χ3v) is 13.4. The normalized spacial score (nSPS) is 51.6. The Balaban J connectivity index is 1.57. The molecule has 5 saturated carbocycles. The van der Waals surface area contributed by atoms with E-state index in [9.17, 15) is 30.0 Å². The van der Waals surface area contributed by atoms with Crippen molar-refractivity contribution < 1.29 is 53.7 Å². The molecular formula is C34H47NO11. The number of hydrogen-bond donors (Lipinski definition) is 4. The zero-order valence-electron chi connectivity index (χ0n) is 27.3. The molecule has 6 aliphatic rings. The van der Waals surface area contributed by atoms with E-state index in [2.05, 4.69) is 4.90 Å². The van der Waals surface area contributed by atoms with Gasteiger partial charge in [-0.1, -0.05) is 37.3 Å². The summed E-state index contributed by atoms with van der Waals surface area (Å²) >= 11 is 0. The minimum Gasteiger partial charge on any atom is -0.462 e. The number of hydrogen-bond acceptors (Lipinski definition) is 12. The van der Waals surface area contributed by atoms with E-state index in [1.165, 1.54) is 14.0 Å². The van der Waals surface area contributed by atoms with E-state index >= 15 is 0 Å². The molecule has 1 saturated heterocycles. The van der Waals surface area contributed by atoms with Crippen molar-refractivity contribution in [1.29, 1.82) is 0 Å². The molecule has 4 N–H and O–H groups in total. The molecule has 1 aliphatic heterocycles. The van der Waals surface area contributed by atoms with Crippen molar-refractivity contribution >= 4 is 11.8 Å². The van der Waals surface area contributed by atoms with Gasteiger partial charge in [-0.3, -0.25) is 14.5 Å². The van der Waals surface area contributed by atoms with Crippen LogP contribution in [-0.2, 0) is 28.5 Å². The van der Waals surface area contributed by atoms with Crippen LogP contribution in [0.4, 0.5) is 0 Å². The molecule has 254 valence electrons. The van der Waals surface area contributed by atoms with Gasteiger partial charge in [-0.05, 0) is 6.54 Å². The number of rotatable bonds is 9. The molecule has 5 aliphatic carbocycles. The Morgan fingerprint density at radius 2 is 1.67 bits per heavy atom. The highest BCUT2D eigenvalue weighted by molar-refractivity contribution is 5.99. The topological polar surface area (TPSA) is 164 Å². The molecule has 7 rings (SSSR count). The molecule has 1 heterocycles. The van der Waals surface area contributed by atoms with Gasteiger partial charge in [-0.15, -0.1) is 0 Å². The second-order valence-electron chi connectivity index (χ2n) is 14.6. The SMILES string of the molecule is CCN1C[C@]2(COC)[C@H]3[C@H](OC)[C@@H]4[C@@H]1[C@@]3([C@@H](OC)C[C@H]2OC(C)=O)[C@@]1(O)C[C@]2(O)[C@@H](OC)[C@H](O)[C@@]4(O)[C@H]1[C@@H]2C(=O)c1ccccc1. The van der Waals surface area contributed by atoms with Gasteiger partial charge in [0.2, 0.25) is 0 Å². The number of carbonyl (C=O) groups is 2. The Morgan fingerprint density at radius 3 is 2.24 bits per heavy atom. The molecule has 7 bridgehead atoms. The van der Waals surface area contributed by atoms with E-state index in [4.69, 9.17) is 23.7 Å². The van der Waals surface area contributed by atoms with E-state index in [0.29, 0.717) is 18.7 Å². The van der Waals surface area contributed by atoms with Crippen LogP contribution in [0.2, 0.25) is 0 Å². The fourth-order valence-electron chi connectivity index (χ4n) is 12.6. The second kappa shape index (κ2) is 10.5. The maximum absolute atomic E-state index is 14.6. The molecule has 0 amide bonds. The number of Topliss-reactive ketones (excluding diaryl/α,β-unsaturated/α-hetero) is 1. The van der Waals surface area contributed by atoms with Crippen LogP contribution in [0.3, 0.4) is 0 Å². The van der Waals surface area contributed by atoms with Gasteiger partial charge >= 0.3 is 5.97 Å². The van der Waals surface area contributed by atoms with Crippen molar-refractivity contribution in [1.82, 2.24) is 4.90 Å². The van der Waals surface area contributed by atoms with E-state index in [1.807, 2.05) is 6.92 Å². The average Bonchev–Trinajstić information content (AvgIpc) is 3.40. The van der Waals surface area contributed by atoms with Crippen LogP contribution >= 0.6 is 0 Å². The van der Waals surface area contributed by atoms with Gasteiger partial charge in [-0.25, -0.2) is 0 Å². The smallest absolute Gasteiger partial charge is 0.302 e. The van der Waals surface area contributed by atoms with Gasteiger partial charge in [0, 0.05) is 94.9 Å². The zero-order valence-corrected chi connectivity index (χ0v) is 27.3. The molecule has 12 nitrogen and oxygen atoms in total. The van der Waals surface area contributed by atoms with Gasteiger partial charge in [0.15, 0.2) is 5.78 Å². The van der Waals surface area contributed by atoms with Crippen LogP contribution in [0, 0.1) is 34.5 Å². The minimum absolute atomic E-state index is 0.142. The first-order chi connectivity index (χ1) is 21.8. The number of nitrogens with zero attached hydrogens (tertiary/aromatic N) is 1. The summed E-state index contributed by atoms with van der Waals surface area (Å²) in [6.07, 6.45) is -5.47. The molecule has 6 fully saturated rings. The summed E-state index contributed by atoms with van der Waals surface area (Å²) in [5.41, 5.74) is -8.05. The second-order valence-corrected chi connectivity index (χ2v) is 14.6. The summed E-state index contributed by atoms with van der Waals surface area (Å²) in [6.45, 7) is 4.36. The fourth-order valence-corrected chi connectivity index (χ4v) is 12.6. The number of aliphatic hydroxyl groups is 4. The molecule has 1 aromatic carbocycles. The van der Waals surface area contributed by atoms with Crippen LogP contribution in [-0.4, -0.2) is 139 Å². The van der Waals surface area contributed by atoms with Crippen molar-refractivity contribution in [3.63, 3.8) is 0 Å². The number of fused-ring (bicyclic) bond motifs is 2. The fraction of sp³-hybridized carbons (Fsp3) is 0.765. The minimum atomic E-state index is -2.15. The highest BCUT2D eigenvalue weighted by atomic mass is 16.6. The van der Waals surface area contributed by atoms with Crippen molar-refractivity contribution in [2.75, 3.05) is 48.1 Å². The Morgan fingerprint density at radius 1 is 0.978 bits per heavy atom. The highest BCUT2D eigenvalue weighted by Crippen LogP contribution is 2.82. The first-order valence-electron chi connectivity index (χ1n) is 16.3. The summed E-state index contributed by atoms with van der Waals surface area (Å²) in [5, 5.41) is 52.0. The predicted octanol–water partition coefficient (Wildman–Crippen LogP) is 0.0365. The van der Waals surface area contributed by atoms with Gasteiger partial charge in [0.25, 0.3) is 0 Å². The summed E-state index contributed by atoms with van der Waals surface area (Å²) in [5.74, 6) is -5.06. The maximum atomic E-state index is 14.6. The molecular weight excluding hydrogens is 598 g/mol. The van der Waals surface area contributed by atoms with Gasteiger partial charge in [-0.2, -0.15) is 0 Å². The number of carbonyl (C=O) groups excluding carboxylic acids is 2. The summed E-state index contributed by atoms with van der Waals surface area (Å²) in [7, 11) is 6.00. The number of aliphatic hydroxyl groups excluding tert-OH is 1. The van der Waals surface area contributed by atoms with Gasteiger partial charge in [0.1, 0.15) is 29.5 Å². The van der Waals surface area contributed by atoms with E-state index in [-0.39, 0.29) is 19.4 Å². The maximum Gasteiger partial charge on any atom is 0.302 e. The Labute approximate surface area is 268 Å². The highest BCUT2D eigenvalue weighted by Gasteiger charge is 2.95. The average molecular weight is 646 g/mol. The van der Waals surface area contributed by atoms with Crippen LogP contribution in [0.25, 0.3) is 0 Å². The number of ether oxygens (including phenoxy) is 5. The third-order valence-electron chi connectivity index (χ3n) is 13.4. The first-order valence-corrected chi connectivity index (χ1v) is 16.3. The Bertz CT molecular complexity index is 1400. The molecule has 1 spiro atoms. The number of benzene rings is 1. The van der Waals surface area contributed by atoms with Gasteiger partial charge in [0.05, 0.1) is 30.3 Å². The molecule has 1 aromatic rings. The number of esters is 1. The first kappa shape index (κ1) is 32.5. The summed E-state index contributed by atoms with van der Waals surface area (Å²) in [6, 6.07) is 7.91. The lowest BCUT2D eigenvalue weighted by Gasteiger charge is -2.72. The van der Waals surface area contributed by atoms with Crippen molar-refractivity contribution in [2.24, 2.45) is 34.5 Å². The number of likely N-dealkylation sites (tertiary alicyclic amines) is 1. The molecule has 0 radical (unpaired) electrons. The summed E-state index contributed by atoms with van der Waals surface area (Å²) < 4.78 is 30.5. The molecule has 12 heteroatoms. The van der Waals surface area contributed by atoms with Crippen LogP contribution in [0.15, 0.2) is 30.3 Å². The lowest BCUT2D eigenvalue weighted by atomic mass is 9.40. The number of piperidine rings is 1.